The van der Waals surface area contributed by atoms with E-state index in [1.807, 2.05) is 45.0 Å². The highest BCUT2D eigenvalue weighted by atomic mass is 16.5. The fourth-order valence-electron chi connectivity index (χ4n) is 3.95. The Labute approximate surface area is 147 Å². The number of nitrogens with zero attached hydrogens (tertiary/aromatic N) is 2. The third-order valence-corrected chi connectivity index (χ3v) is 4.91. The lowest BCUT2D eigenvalue weighted by Crippen LogP contribution is -2.59. The Morgan fingerprint density at radius 3 is 2.72 bits per heavy atom. The highest BCUT2D eigenvalue weighted by Gasteiger charge is 2.44. The van der Waals surface area contributed by atoms with Crippen LogP contribution in [0.2, 0.25) is 0 Å². The molecule has 1 aliphatic heterocycles. The molecule has 2 aromatic rings. The maximum absolute atomic E-state index is 12.4. The van der Waals surface area contributed by atoms with E-state index in [2.05, 4.69) is 5.32 Å². The Bertz CT molecular complexity index is 785. The third kappa shape index (κ3) is 3.34. The van der Waals surface area contributed by atoms with Gasteiger partial charge in [-0.15, -0.1) is 0 Å². The first-order valence-corrected chi connectivity index (χ1v) is 8.66. The number of hydrogen-bond donors (Lipinski definition) is 2. The van der Waals surface area contributed by atoms with Crippen LogP contribution in [0.5, 0.6) is 0 Å². The first kappa shape index (κ1) is 17.3. The number of piperidine rings is 1. The van der Waals surface area contributed by atoms with Crippen LogP contribution in [-0.4, -0.2) is 34.7 Å². The summed E-state index contributed by atoms with van der Waals surface area (Å²) in [7, 11) is 0. The lowest BCUT2D eigenvalue weighted by molar-refractivity contribution is -0.589. The monoisotopic (exact) mass is 343 g/mol. The van der Waals surface area contributed by atoms with Crippen molar-refractivity contribution in [3.63, 3.8) is 0 Å². The van der Waals surface area contributed by atoms with Gasteiger partial charge in [-0.3, -0.25) is 5.32 Å². The number of fused-ring (bicyclic) bond motifs is 1. The summed E-state index contributed by atoms with van der Waals surface area (Å²) in [5, 5.41) is 27.2. The van der Waals surface area contributed by atoms with Gasteiger partial charge in [0.2, 0.25) is 0 Å². The molecule has 6 nitrogen and oxygen atoms in total. The number of rotatable bonds is 2. The van der Waals surface area contributed by atoms with Crippen molar-refractivity contribution >= 4 is 22.7 Å². The molecule has 0 bridgehead atoms. The quantitative estimate of drug-likeness (QED) is 0.647. The van der Waals surface area contributed by atoms with Gasteiger partial charge >= 0.3 is 6.09 Å². The summed E-state index contributed by atoms with van der Waals surface area (Å²) < 4.78 is 0.835. The number of benzene rings is 1. The minimum absolute atomic E-state index is 0.115. The second kappa shape index (κ2) is 6.43. The molecule has 1 saturated heterocycles. The van der Waals surface area contributed by atoms with Gasteiger partial charge in [-0.25, -0.2) is 9.52 Å². The summed E-state index contributed by atoms with van der Waals surface area (Å²) in [6, 6.07) is 9.18. The molecule has 1 unspecified atom stereocenters. The van der Waals surface area contributed by atoms with E-state index in [4.69, 9.17) is 0 Å². The van der Waals surface area contributed by atoms with Crippen molar-refractivity contribution in [2.24, 2.45) is 5.41 Å². The van der Waals surface area contributed by atoms with E-state index in [0.29, 0.717) is 12.4 Å². The molecule has 1 aromatic heterocycles. The molecule has 0 saturated carbocycles. The predicted octanol–water partition coefficient (Wildman–Crippen LogP) is 3.44. The van der Waals surface area contributed by atoms with Crippen LogP contribution in [0, 0.1) is 10.6 Å². The van der Waals surface area contributed by atoms with Crippen molar-refractivity contribution in [1.82, 2.24) is 4.90 Å². The second-order valence-corrected chi connectivity index (χ2v) is 7.76. The molecular weight excluding hydrogens is 318 g/mol. The third-order valence-electron chi connectivity index (χ3n) is 4.91. The van der Waals surface area contributed by atoms with Crippen molar-refractivity contribution < 1.29 is 14.6 Å². The van der Waals surface area contributed by atoms with E-state index in [0.717, 1.165) is 28.3 Å². The number of anilines is 1. The Kier molecular flexibility index (Phi) is 4.45. The van der Waals surface area contributed by atoms with E-state index in [1.165, 1.54) is 11.1 Å². The average Bonchev–Trinajstić information content (AvgIpc) is 2.56. The molecule has 134 valence electrons. The molecule has 1 fully saturated rings. The van der Waals surface area contributed by atoms with Crippen molar-refractivity contribution in [3.8, 4) is 0 Å². The summed E-state index contributed by atoms with van der Waals surface area (Å²) in [5.74, 6) is 0.490. The number of likely N-dealkylation sites (tertiary alicyclic amines) is 1. The van der Waals surface area contributed by atoms with Gasteiger partial charge in [0.1, 0.15) is 6.04 Å². The molecule has 1 aromatic carbocycles. The van der Waals surface area contributed by atoms with E-state index >= 15 is 0 Å². The van der Waals surface area contributed by atoms with E-state index in [-0.39, 0.29) is 17.5 Å². The van der Waals surface area contributed by atoms with E-state index in [9.17, 15) is 15.1 Å². The van der Waals surface area contributed by atoms with Gasteiger partial charge in [0, 0.05) is 6.54 Å². The van der Waals surface area contributed by atoms with Crippen LogP contribution in [0.3, 0.4) is 0 Å². The van der Waals surface area contributed by atoms with Crippen molar-refractivity contribution in [3.05, 3.63) is 41.7 Å². The standard InChI is InChI=1S/C19H25N3O3/c1-19(2,3)16-15(9-6-11-21(16)18(23)24)20-17-14-8-5-4-7-13(14)10-12-22(17)25/h4-5,7-8,10,12,15-16,20H,6,9,11H2,1-3H3,(H,23,24)/t15-,16?/m1/s1. The number of amides is 1. The number of pyridine rings is 1. The van der Waals surface area contributed by atoms with Crippen LogP contribution in [0.15, 0.2) is 36.5 Å². The minimum Gasteiger partial charge on any atom is -0.711 e. The van der Waals surface area contributed by atoms with Crippen LogP contribution < -0.4 is 10.0 Å². The predicted molar refractivity (Wildman–Crippen MR) is 97.5 cm³/mol. The first-order chi connectivity index (χ1) is 11.8. The van der Waals surface area contributed by atoms with E-state index < -0.39 is 6.09 Å². The van der Waals surface area contributed by atoms with Crippen LogP contribution in [0.4, 0.5) is 10.6 Å². The minimum atomic E-state index is -0.903. The van der Waals surface area contributed by atoms with E-state index in [1.54, 1.807) is 6.07 Å². The molecule has 2 heterocycles. The molecule has 2 atom stereocenters. The van der Waals surface area contributed by atoms with Gasteiger partial charge in [-0.05, 0) is 35.8 Å². The van der Waals surface area contributed by atoms with Crippen LogP contribution in [0.25, 0.3) is 10.8 Å². The zero-order valence-electron chi connectivity index (χ0n) is 14.9. The number of carboxylic acid groups (broad SMARTS) is 1. The number of carbonyl (C=O) groups is 1. The molecule has 0 radical (unpaired) electrons. The Hall–Kier alpha value is -2.50. The van der Waals surface area contributed by atoms with Crippen LogP contribution >= 0.6 is 0 Å². The zero-order chi connectivity index (χ0) is 18.2. The van der Waals surface area contributed by atoms with Crippen LogP contribution in [-0.2, 0) is 0 Å². The molecule has 2 N–H and O–H groups in total. The van der Waals surface area contributed by atoms with Gasteiger partial charge < -0.3 is 15.2 Å². The normalized spacial score (nSPS) is 21.3. The molecule has 1 amide bonds. The summed E-state index contributed by atoms with van der Waals surface area (Å²) in [5.41, 5.74) is -0.241. The fourth-order valence-corrected chi connectivity index (χ4v) is 3.95. The lowest BCUT2D eigenvalue weighted by atomic mass is 9.77. The SMILES string of the molecule is CC(C)(C)C1[C@H](Nc2c3ccccc3cc[n+]2[O-])CCCN1C(=O)O. The van der Waals surface area contributed by atoms with Gasteiger partial charge in [-0.2, -0.15) is 0 Å². The van der Waals surface area contributed by atoms with Gasteiger partial charge in [0.15, 0.2) is 0 Å². The molecule has 25 heavy (non-hydrogen) atoms. The molecule has 0 aliphatic carbocycles. The fraction of sp³-hybridized carbons (Fsp3) is 0.474. The zero-order valence-corrected chi connectivity index (χ0v) is 14.9. The summed E-state index contributed by atoms with van der Waals surface area (Å²) in [6.07, 6.45) is 2.20. The molecular formula is C19H25N3O3. The maximum Gasteiger partial charge on any atom is 0.407 e. The summed E-state index contributed by atoms with van der Waals surface area (Å²) in [4.78, 5) is 13.2. The molecule has 3 rings (SSSR count). The number of nitrogens with one attached hydrogen (secondary N) is 1. The van der Waals surface area contributed by atoms with Crippen LogP contribution in [0.1, 0.15) is 33.6 Å². The maximum atomic E-state index is 12.4. The van der Waals surface area contributed by atoms with Gasteiger partial charge in [0.05, 0.1) is 17.6 Å². The second-order valence-electron chi connectivity index (χ2n) is 7.76. The Balaban J connectivity index is 2.01. The molecule has 1 aliphatic rings. The largest absolute Gasteiger partial charge is 0.711 e. The smallest absolute Gasteiger partial charge is 0.407 e. The molecule has 6 heteroatoms. The topological polar surface area (TPSA) is 79.5 Å². The Morgan fingerprint density at radius 1 is 1.32 bits per heavy atom. The highest BCUT2D eigenvalue weighted by molar-refractivity contribution is 5.90. The van der Waals surface area contributed by atoms with Crippen molar-refractivity contribution in [2.75, 3.05) is 11.9 Å². The van der Waals surface area contributed by atoms with Crippen molar-refractivity contribution in [1.29, 1.82) is 0 Å². The average molecular weight is 343 g/mol. The number of hydrogen-bond acceptors (Lipinski definition) is 3. The van der Waals surface area contributed by atoms with Gasteiger partial charge in [-0.1, -0.05) is 39.0 Å². The Morgan fingerprint density at radius 2 is 2.04 bits per heavy atom. The lowest BCUT2D eigenvalue weighted by Gasteiger charge is -2.45. The first-order valence-electron chi connectivity index (χ1n) is 8.66. The van der Waals surface area contributed by atoms with Crippen molar-refractivity contribution in [2.45, 2.75) is 45.7 Å². The van der Waals surface area contributed by atoms with Gasteiger partial charge in [0.25, 0.3) is 5.82 Å². The number of aromatic nitrogens is 1. The summed E-state index contributed by atoms with van der Waals surface area (Å²) >= 11 is 0. The summed E-state index contributed by atoms with van der Waals surface area (Å²) in [6.45, 7) is 6.66. The highest BCUT2D eigenvalue weighted by Crippen LogP contribution is 2.34. The molecule has 0 spiro atoms.